The van der Waals surface area contributed by atoms with E-state index in [0.29, 0.717) is 34.2 Å². The summed E-state index contributed by atoms with van der Waals surface area (Å²) in [6.07, 6.45) is 3.87. The molecule has 1 aliphatic rings. The van der Waals surface area contributed by atoms with Gasteiger partial charge in [-0.3, -0.25) is 9.59 Å². The summed E-state index contributed by atoms with van der Waals surface area (Å²) >= 11 is 1.31. The standard InChI is InChI=1S/C32H30FN3O5S/c1-3-40-32(39)28-24-14-8-19(2)16-27(24)42-31(28)35-29(37)30(38)36-34-17-25-23-7-5-4-6-21(23)11-15-26(25)41-18-20-9-12-22(33)13-10-20/h4-7,9-13,15,17,19H,3,8,14,16,18H2,1-2H3,(H,35,37)(H,36,38)/b34-17-/t19-/m1/s1. The third kappa shape index (κ3) is 6.49. The smallest absolute Gasteiger partial charge is 0.341 e. The number of ether oxygens (including phenoxy) is 2. The van der Waals surface area contributed by atoms with Crippen molar-refractivity contribution in [2.45, 2.75) is 39.7 Å². The highest BCUT2D eigenvalue weighted by Crippen LogP contribution is 2.40. The van der Waals surface area contributed by atoms with E-state index in [1.165, 1.54) is 29.7 Å². The fraction of sp³-hybridized carbons (Fsp3) is 0.250. The summed E-state index contributed by atoms with van der Waals surface area (Å²) in [5, 5.41) is 8.70. The van der Waals surface area contributed by atoms with Crippen LogP contribution in [0.5, 0.6) is 5.75 Å². The third-order valence-electron chi connectivity index (χ3n) is 7.02. The Morgan fingerprint density at radius 1 is 1.07 bits per heavy atom. The van der Waals surface area contributed by atoms with Gasteiger partial charge in [-0.05, 0) is 72.2 Å². The molecule has 0 bridgehead atoms. The van der Waals surface area contributed by atoms with Crippen LogP contribution in [-0.2, 0) is 33.8 Å². The first kappa shape index (κ1) is 28.9. The number of hydrogen-bond acceptors (Lipinski definition) is 7. The Labute approximate surface area is 246 Å². The Morgan fingerprint density at radius 3 is 2.64 bits per heavy atom. The second-order valence-corrected chi connectivity index (χ2v) is 11.1. The Morgan fingerprint density at radius 2 is 1.86 bits per heavy atom. The van der Waals surface area contributed by atoms with Gasteiger partial charge in [-0.2, -0.15) is 5.10 Å². The molecule has 0 radical (unpaired) electrons. The zero-order valence-corrected chi connectivity index (χ0v) is 24.1. The number of anilines is 1. The molecule has 4 aromatic rings. The number of esters is 1. The van der Waals surface area contributed by atoms with Crippen LogP contribution in [0.2, 0.25) is 0 Å². The summed E-state index contributed by atoms with van der Waals surface area (Å²) in [5.41, 5.74) is 4.86. The van der Waals surface area contributed by atoms with E-state index in [1.54, 1.807) is 25.1 Å². The molecule has 0 saturated carbocycles. The van der Waals surface area contributed by atoms with Crippen molar-refractivity contribution in [3.05, 3.63) is 93.6 Å². The monoisotopic (exact) mass is 587 g/mol. The van der Waals surface area contributed by atoms with Gasteiger partial charge < -0.3 is 14.8 Å². The van der Waals surface area contributed by atoms with Gasteiger partial charge >= 0.3 is 17.8 Å². The number of amides is 2. The number of carbonyl (C=O) groups is 3. The van der Waals surface area contributed by atoms with Gasteiger partial charge in [0.05, 0.1) is 18.4 Å². The van der Waals surface area contributed by atoms with Gasteiger partial charge in [0.15, 0.2) is 0 Å². The largest absolute Gasteiger partial charge is 0.488 e. The molecule has 1 heterocycles. The van der Waals surface area contributed by atoms with Crippen LogP contribution in [0.15, 0.2) is 65.8 Å². The average Bonchev–Trinajstić information content (AvgIpc) is 3.34. The molecule has 1 aromatic heterocycles. The van der Waals surface area contributed by atoms with Gasteiger partial charge in [0.25, 0.3) is 0 Å². The molecule has 42 heavy (non-hydrogen) atoms. The number of halogens is 1. The summed E-state index contributed by atoms with van der Waals surface area (Å²) in [6, 6.07) is 17.3. The number of hydrogen-bond donors (Lipinski definition) is 2. The van der Waals surface area contributed by atoms with E-state index in [-0.39, 0.29) is 19.0 Å². The predicted octanol–water partition coefficient (Wildman–Crippen LogP) is 6.01. The van der Waals surface area contributed by atoms with Gasteiger partial charge in [-0.25, -0.2) is 14.6 Å². The van der Waals surface area contributed by atoms with Crippen molar-refractivity contribution in [2.24, 2.45) is 11.0 Å². The number of carbonyl (C=O) groups excluding carboxylic acids is 3. The SMILES string of the molecule is CCOC(=O)c1c(NC(=O)C(=O)N/N=C\c2c(OCc3ccc(F)cc3)ccc3ccccc23)sc2c1CC[C@@H](C)C2. The van der Waals surface area contributed by atoms with Crippen LogP contribution in [0.3, 0.4) is 0 Å². The maximum absolute atomic E-state index is 13.3. The Hall–Kier alpha value is -4.57. The van der Waals surface area contributed by atoms with E-state index < -0.39 is 17.8 Å². The summed E-state index contributed by atoms with van der Waals surface area (Å²) in [7, 11) is 0. The summed E-state index contributed by atoms with van der Waals surface area (Å²) in [4.78, 5) is 39.3. The van der Waals surface area contributed by atoms with Crippen LogP contribution in [0.1, 0.15) is 52.2 Å². The molecule has 2 N–H and O–H groups in total. The lowest BCUT2D eigenvalue weighted by atomic mass is 9.88. The fourth-order valence-corrected chi connectivity index (χ4v) is 6.29. The van der Waals surface area contributed by atoms with Gasteiger partial charge in [-0.1, -0.05) is 49.4 Å². The second-order valence-electron chi connectivity index (χ2n) is 10.0. The molecule has 1 atom stereocenters. The van der Waals surface area contributed by atoms with Crippen LogP contribution in [0.4, 0.5) is 9.39 Å². The van der Waals surface area contributed by atoms with Crippen molar-refractivity contribution in [3.8, 4) is 5.75 Å². The minimum Gasteiger partial charge on any atom is -0.488 e. The van der Waals surface area contributed by atoms with Crippen LogP contribution >= 0.6 is 11.3 Å². The third-order valence-corrected chi connectivity index (χ3v) is 8.19. The minimum absolute atomic E-state index is 0.195. The predicted molar refractivity (Wildman–Crippen MR) is 161 cm³/mol. The molecule has 2 amide bonds. The quantitative estimate of drug-likeness (QED) is 0.114. The van der Waals surface area contributed by atoms with E-state index >= 15 is 0 Å². The number of rotatable bonds is 8. The molecule has 5 rings (SSSR count). The first-order chi connectivity index (χ1) is 20.3. The number of fused-ring (bicyclic) bond motifs is 2. The molecule has 8 nitrogen and oxygen atoms in total. The highest BCUT2D eigenvalue weighted by atomic mass is 32.1. The lowest BCUT2D eigenvalue weighted by molar-refractivity contribution is -0.136. The fourth-order valence-electron chi connectivity index (χ4n) is 4.90. The Bertz CT molecular complexity index is 1660. The Balaban J connectivity index is 1.32. The van der Waals surface area contributed by atoms with E-state index in [1.807, 2.05) is 30.3 Å². The molecule has 1 aliphatic carbocycles. The highest BCUT2D eigenvalue weighted by Gasteiger charge is 2.30. The number of nitrogens with zero attached hydrogens (tertiary/aromatic N) is 1. The molecule has 3 aromatic carbocycles. The first-order valence-corrected chi connectivity index (χ1v) is 14.5. The molecule has 0 saturated heterocycles. The van der Waals surface area contributed by atoms with Crippen molar-refractivity contribution in [2.75, 3.05) is 11.9 Å². The van der Waals surface area contributed by atoms with Gasteiger partial charge in [0, 0.05) is 10.4 Å². The molecule has 0 unspecified atom stereocenters. The van der Waals surface area contributed by atoms with E-state index in [4.69, 9.17) is 9.47 Å². The van der Waals surface area contributed by atoms with Crippen LogP contribution in [0.25, 0.3) is 10.8 Å². The summed E-state index contributed by atoms with van der Waals surface area (Å²) < 4.78 is 24.5. The Kier molecular flexibility index (Phi) is 8.92. The van der Waals surface area contributed by atoms with E-state index in [2.05, 4.69) is 22.8 Å². The molecule has 10 heteroatoms. The highest BCUT2D eigenvalue weighted by molar-refractivity contribution is 7.17. The molecule has 216 valence electrons. The van der Waals surface area contributed by atoms with Crippen molar-refractivity contribution in [3.63, 3.8) is 0 Å². The number of thiophene rings is 1. The lowest BCUT2D eigenvalue weighted by Crippen LogP contribution is -2.32. The van der Waals surface area contributed by atoms with Gasteiger partial charge in [0.2, 0.25) is 0 Å². The first-order valence-electron chi connectivity index (χ1n) is 13.7. The zero-order valence-electron chi connectivity index (χ0n) is 23.2. The maximum Gasteiger partial charge on any atom is 0.341 e. The number of benzene rings is 3. The molecule has 0 aliphatic heterocycles. The van der Waals surface area contributed by atoms with Crippen molar-refractivity contribution >= 4 is 51.1 Å². The van der Waals surface area contributed by atoms with Gasteiger partial charge in [0.1, 0.15) is 23.2 Å². The van der Waals surface area contributed by atoms with E-state index in [0.717, 1.165) is 39.6 Å². The summed E-state index contributed by atoms with van der Waals surface area (Å²) in [6.45, 7) is 4.26. The topological polar surface area (TPSA) is 106 Å². The maximum atomic E-state index is 13.3. The summed E-state index contributed by atoms with van der Waals surface area (Å²) in [5.74, 6) is -1.82. The molecule has 0 spiro atoms. The van der Waals surface area contributed by atoms with Crippen molar-refractivity contribution in [1.29, 1.82) is 0 Å². The lowest BCUT2D eigenvalue weighted by Gasteiger charge is -2.18. The van der Waals surface area contributed by atoms with E-state index in [9.17, 15) is 18.8 Å². The second kappa shape index (κ2) is 12.9. The molecular formula is C32H30FN3O5S. The molecule has 0 fully saturated rings. The number of nitrogens with one attached hydrogen (secondary N) is 2. The van der Waals surface area contributed by atoms with Gasteiger partial charge in [-0.15, -0.1) is 11.3 Å². The van der Waals surface area contributed by atoms with Crippen LogP contribution in [0, 0.1) is 11.7 Å². The molecular weight excluding hydrogens is 557 g/mol. The van der Waals surface area contributed by atoms with Crippen LogP contribution < -0.4 is 15.5 Å². The zero-order chi connectivity index (χ0) is 29.6. The van der Waals surface area contributed by atoms with Crippen LogP contribution in [-0.4, -0.2) is 30.6 Å². The normalized spacial score (nSPS) is 14.4. The van der Waals surface area contributed by atoms with Crippen molar-refractivity contribution < 1.29 is 28.2 Å². The van der Waals surface area contributed by atoms with Crippen molar-refractivity contribution in [1.82, 2.24) is 5.43 Å². The minimum atomic E-state index is -0.991. The average molecular weight is 588 g/mol. The number of hydrazone groups is 1.